The van der Waals surface area contributed by atoms with Crippen LogP contribution in [-0.4, -0.2) is 43.6 Å². The minimum atomic E-state index is -0.321. The minimum absolute atomic E-state index is 0.0453. The number of anilines is 1. The van der Waals surface area contributed by atoms with Crippen LogP contribution in [0.2, 0.25) is 0 Å². The van der Waals surface area contributed by atoms with E-state index in [0.29, 0.717) is 12.1 Å². The maximum absolute atomic E-state index is 13.3. The molecule has 0 fully saturated rings. The largest absolute Gasteiger partial charge is 0.485 e. The number of fused-ring (bicyclic) bond motifs is 1. The monoisotopic (exact) mass is 342 g/mol. The summed E-state index contributed by atoms with van der Waals surface area (Å²) < 4.78 is 19.3. The molecule has 0 saturated carbocycles. The quantitative estimate of drug-likeness (QED) is 0.837. The summed E-state index contributed by atoms with van der Waals surface area (Å²) in [5, 5.41) is 0. The van der Waals surface area contributed by atoms with E-state index in [2.05, 4.69) is 11.8 Å². The van der Waals surface area contributed by atoms with E-state index in [-0.39, 0.29) is 24.2 Å². The summed E-state index contributed by atoms with van der Waals surface area (Å²) in [7, 11) is 1.77. The molecule has 1 heterocycles. The smallest absolute Gasteiger partial charge is 0.226 e. The van der Waals surface area contributed by atoms with Gasteiger partial charge in [0.2, 0.25) is 5.91 Å². The first kappa shape index (κ1) is 17.3. The summed E-state index contributed by atoms with van der Waals surface area (Å²) in [6.45, 7) is 4.24. The topological polar surface area (TPSA) is 32.8 Å². The summed E-state index contributed by atoms with van der Waals surface area (Å²) >= 11 is 0. The van der Waals surface area contributed by atoms with Gasteiger partial charge in [0.15, 0.2) is 0 Å². The maximum Gasteiger partial charge on any atom is 0.226 e. The van der Waals surface area contributed by atoms with E-state index in [1.807, 2.05) is 24.3 Å². The Balaban J connectivity index is 1.63. The molecule has 0 unspecified atom stereocenters. The standard InChI is InChI=1S/C20H23FN2O2/c1-3-23-14-17(25-19-10-5-4-9-18(19)23)13-22(2)20(24)12-15-7-6-8-16(21)11-15/h4-11,17H,3,12-14H2,1-2H3/t17-/m0/s1. The molecule has 0 aliphatic carbocycles. The molecule has 0 saturated heterocycles. The minimum Gasteiger partial charge on any atom is -0.485 e. The molecule has 1 amide bonds. The second-order valence-corrected chi connectivity index (χ2v) is 6.33. The zero-order valence-corrected chi connectivity index (χ0v) is 14.6. The number of carbonyl (C=O) groups is 1. The highest BCUT2D eigenvalue weighted by Gasteiger charge is 2.26. The van der Waals surface area contributed by atoms with Crippen LogP contribution in [0.5, 0.6) is 5.75 Å². The van der Waals surface area contributed by atoms with Gasteiger partial charge >= 0.3 is 0 Å². The van der Waals surface area contributed by atoms with Gasteiger partial charge in [0.1, 0.15) is 17.7 Å². The Kier molecular flexibility index (Phi) is 5.22. The van der Waals surface area contributed by atoms with Crippen molar-refractivity contribution in [3.8, 4) is 5.75 Å². The molecule has 0 aromatic heterocycles. The summed E-state index contributed by atoms with van der Waals surface area (Å²) in [6.07, 6.45) is 0.103. The number of halogens is 1. The van der Waals surface area contributed by atoms with Crippen LogP contribution in [-0.2, 0) is 11.2 Å². The van der Waals surface area contributed by atoms with Gasteiger partial charge in [-0.25, -0.2) is 4.39 Å². The molecule has 2 aromatic carbocycles. The number of nitrogens with zero attached hydrogens (tertiary/aromatic N) is 2. The molecule has 0 N–H and O–H groups in total. The van der Waals surface area contributed by atoms with Gasteiger partial charge < -0.3 is 14.5 Å². The van der Waals surface area contributed by atoms with Gasteiger partial charge in [-0.1, -0.05) is 24.3 Å². The van der Waals surface area contributed by atoms with Crippen LogP contribution in [0.4, 0.5) is 10.1 Å². The van der Waals surface area contributed by atoms with Crippen LogP contribution in [0.25, 0.3) is 0 Å². The first-order valence-electron chi connectivity index (χ1n) is 8.56. The molecule has 132 valence electrons. The predicted molar refractivity (Wildman–Crippen MR) is 96.5 cm³/mol. The van der Waals surface area contributed by atoms with Gasteiger partial charge in [-0.3, -0.25) is 4.79 Å². The molecule has 0 bridgehead atoms. The molecule has 3 rings (SSSR count). The maximum atomic E-state index is 13.3. The second kappa shape index (κ2) is 7.55. The summed E-state index contributed by atoms with van der Waals surface area (Å²) in [4.78, 5) is 16.4. The number of hydrogen-bond donors (Lipinski definition) is 0. The fourth-order valence-corrected chi connectivity index (χ4v) is 3.14. The first-order valence-corrected chi connectivity index (χ1v) is 8.56. The van der Waals surface area contributed by atoms with Crippen molar-refractivity contribution in [2.75, 3.05) is 31.6 Å². The van der Waals surface area contributed by atoms with Crippen molar-refractivity contribution in [2.45, 2.75) is 19.4 Å². The Hall–Kier alpha value is -2.56. The molecule has 2 aromatic rings. The van der Waals surface area contributed by atoms with Gasteiger partial charge in [0, 0.05) is 13.6 Å². The number of rotatable bonds is 5. The van der Waals surface area contributed by atoms with Gasteiger partial charge in [-0.15, -0.1) is 0 Å². The van der Waals surface area contributed by atoms with Crippen LogP contribution >= 0.6 is 0 Å². The van der Waals surface area contributed by atoms with Crippen LogP contribution in [0.3, 0.4) is 0 Å². The first-order chi connectivity index (χ1) is 12.1. The SMILES string of the molecule is CCN1C[C@H](CN(C)C(=O)Cc2cccc(F)c2)Oc2ccccc21. The van der Waals surface area contributed by atoms with Crippen molar-refractivity contribution < 1.29 is 13.9 Å². The van der Waals surface area contributed by atoms with Crippen molar-refractivity contribution in [2.24, 2.45) is 0 Å². The van der Waals surface area contributed by atoms with E-state index in [4.69, 9.17) is 4.74 Å². The zero-order valence-electron chi connectivity index (χ0n) is 14.6. The fourth-order valence-electron chi connectivity index (χ4n) is 3.14. The lowest BCUT2D eigenvalue weighted by Crippen LogP contribution is -2.47. The highest BCUT2D eigenvalue weighted by Crippen LogP contribution is 2.32. The van der Waals surface area contributed by atoms with E-state index in [9.17, 15) is 9.18 Å². The number of benzene rings is 2. The molecule has 1 atom stereocenters. The van der Waals surface area contributed by atoms with Gasteiger partial charge in [-0.05, 0) is 36.8 Å². The van der Waals surface area contributed by atoms with Crippen molar-refractivity contribution in [1.29, 1.82) is 0 Å². The second-order valence-electron chi connectivity index (χ2n) is 6.33. The van der Waals surface area contributed by atoms with E-state index in [1.165, 1.54) is 12.1 Å². The predicted octanol–water partition coefficient (Wildman–Crippen LogP) is 3.11. The third-order valence-corrected chi connectivity index (χ3v) is 4.45. The fraction of sp³-hybridized carbons (Fsp3) is 0.350. The number of hydrogen-bond acceptors (Lipinski definition) is 3. The normalized spacial score (nSPS) is 16.1. The van der Waals surface area contributed by atoms with E-state index < -0.39 is 0 Å². The zero-order chi connectivity index (χ0) is 17.8. The van der Waals surface area contributed by atoms with E-state index in [0.717, 1.165) is 24.5 Å². The Labute approximate surface area is 147 Å². The number of carbonyl (C=O) groups excluding carboxylic acids is 1. The van der Waals surface area contributed by atoms with Crippen LogP contribution < -0.4 is 9.64 Å². The molecule has 5 heteroatoms. The molecule has 0 radical (unpaired) electrons. The van der Waals surface area contributed by atoms with Crippen LogP contribution in [0, 0.1) is 5.82 Å². The third-order valence-electron chi connectivity index (χ3n) is 4.45. The highest BCUT2D eigenvalue weighted by molar-refractivity contribution is 5.78. The third kappa shape index (κ3) is 4.10. The summed E-state index contributed by atoms with van der Waals surface area (Å²) in [5.74, 6) is 0.487. The Morgan fingerprint density at radius 2 is 2.08 bits per heavy atom. The van der Waals surface area contributed by atoms with E-state index >= 15 is 0 Å². The van der Waals surface area contributed by atoms with Crippen molar-refractivity contribution >= 4 is 11.6 Å². The lowest BCUT2D eigenvalue weighted by Gasteiger charge is -2.37. The van der Waals surface area contributed by atoms with Crippen molar-refractivity contribution in [1.82, 2.24) is 4.90 Å². The van der Waals surface area contributed by atoms with Gasteiger partial charge in [0.25, 0.3) is 0 Å². The highest BCUT2D eigenvalue weighted by atomic mass is 19.1. The van der Waals surface area contributed by atoms with Crippen LogP contribution in [0.1, 0.15) is 12.5 Å². The number of ether oxygens (including phenoxy) is 1. The Morgan fingerprint density at radius 1 is 1.28 bits per heavy atom. The van der Waals surface area contributed by atoms with Gasteiger partial charge in [-0.2, -0.15) is 0 Å². The van der Waals surface area contributed by atoms with Crippen molar-refractivity contribution in [3.63, 3.8) is 0 Å². The average molecular weight is 342 g/mol. The molecular weight excluding hydrogens is 319 g/mol. The van der Waals surface area contributed by atoms with Gasteiger partial charge in [0.05, 0.1) is 25.2 Å². The van der Waals surface area contributed by atoms with Crippen molar-refractivity contribution in [3.05, 3.63) is 59.9 Å². The van der Waals surface area contributed by atoms with Crippen LogP contribution in [0.15, 0.2) is 48.5 Å². The van der Waals surface area contributed by atoms with E-state index in [1.54, 1.807) is 24.1 Å². The Bertz CT molecular complexity index is 750. The Morgan fingerprint density at radius 3 is 2.84 bits per heavy atom. The molecule has 1 aliphatic heterocycles. The molecule has 1 aliphatic rings. The average Bonchev–Trinajstić information content (AvgIpc) is 2.61. The molecule has 4 nitrogen and oxygen atoms in total. The molecular formula is C20H23FN2O2. The number of para-hydroxylation sites is 2. The molecule has 0 spiro atoms. The lowest BCUT2D eigenvalue weighted by molar-refractivity contribution is -0.130. The summed E-state index contributed by atoms with van der Waals surface area (Å²) in [5.41, 5.74) is 1.77. The number of likely N-dealkylation sites (N-methyl/N-ethyl adjacent to an activating group) is 2. The number of amides is 1. The lowest BCUT2D eigenvalue weighted by atomic mass is 10.1. The summed E-state index contributed by atoms with van der Waals surface area (Å²) in [6, 6.07) is 14.1. The molecule has 25 heavy (non-hydrogen) atoms.